The molecule has 0 amide bonds. The van der Waals surface area contributed by atoms with E-state index in [1.54, 1.807) is 45.0 Å². The van der Waals surface area contributed by atoms with E-state index in [1.165, 1.54) is 0 Å². The smallest absolute Gasteiger partial charge is 0.409 e. The molecule has 0 aliphatic carbocycles. The first-order chi connectivity index (χ1) is 7.73. The molecule has 0 aromatic heterocycles. The van der Waals surface area contributed by atoms with Gasteiger partial charge in [0, 0.05) is 11.6 Å². The SMILES string of the molecule is CC(C)(C)C(=O)O.O=C(Cl)Oc1ccccc1. The van der Waals surface area contributed by atoms with Crippen LogP contribution in [0.25, 0.3) is 0 Å². The summed E-state index contributed by atoms with van der Waals surface area (Å²) in [7, 11) is 0. The molecule has 0 bridgehead atoms. The Hall–Kier alpha value is -1.55. The lowest BCUT2D eigenvalue weighted by Gasteiger charge is -2.08. The van der Waals surface area contributed by atoms with Crippen LogP contribution in [0.1, 0.15) is 20.8 Å². The van der Waals surface area contributed by atoms with Gasteiger partial charge in [-0.3, -0.25) is 4.79 Å². The molecular weight excluding hydrogens is 244 g/mol. The van der Waals surface area contributed by atoms with E-state index < -0.39 is 16.8 Å². The monoisotopic (exact) mass is 258 g/mol. The molecule has 0 heterocycles. The molecular formula is C12H15ClO4. The molecule has 94 valence electrons. The van der Waals surface area contributed by atoms with Crippen molar-refractivity contribution in [1.29, 1.82) is 0 Å². The van der Waals surface area contributed by atoms with Crippen molar-refractivity contribution in [3.8, 4) is 5.75 Å². The minimum Gasteiger partial charge on any atom is -0.481 e. The van der Waals surface area contributed by atoms with Crippen LogP contribution in [0.5, 0.6) is 5.75 Å². The molecule has 17 heavy (non-hydrogen) atoms. The normalized spacial score (nSPS) is 9.88. The molecule has 0 aliphatic rings. The largest absolute Gasteiger partial charge is 0.481 e. The van der Waals surface area contributed by atoms with Crippen molar-refractivity contribution in [2.45, 2.75) is 20.8 Å². The van der Waals surface area contributed by atoms with E-state index in [2.05, 4.69) is 4.74 Å². The van der Waals surface area contributed by atoms with Gasteiger partial charge in [-0.15, -0.1) is 0 Å². The Balaban J connectivity index is 0.000000325. The molecule has 0 saturated carbocycles. The third-order valence-electron chi connectivity index (χ3n) is 1.58. The van der Waals surface area contributed by atoms with Crippen molar-refractivity contribution in [3.05, 3.63) is 30.3 Å². The highest BCUT2D eigenvalue weighted by atomic mass is 35.5. The molecule has 0 unspecified atom stereocenters. The minimum atomic E-state index is -0.814. The second kappa shape index (κ2) is 6.91. The number of rotatable bonds is 1. The van der Waals surface area contributed by atoms with E-state index in [0.29, 0.717) is 5.75 Å². The fraction of sp³-hybridized carbons (Fsp3) is 0.333. The highest BCUT2D eigenvalue weighted by molar-refractivity contribution is 6.61. The average molecular weight is 259 g/mol. The summed E-state index contributed by atoms with van der Waals surface area (Å²) in [5.74, 6) is -0.296. The van der Waals surface area contributed by atoms with Gasteiger partial charge in [-0.25, -0.2) is 4.79 Å². The number of ether oxygens (including phenoxy) is 1. The van der Waals surface area contributed by atoms with Crippen LogP contribution in [0, 0.1) is 5.41 Å². The highest BCUT2D eigenvalue weighted by Gasteiger charge is 2.18. The molecule has 5 heteroatoms. The van der Waals surface area contributed by atoms with E-state index >= 15 is 0 Å². The maximum absolute atomic E-state index is 10.2. The van der Waals surface area contributed by atoms with E-state index in [1.807, 2.05) is 6.07 Å². The van der Waals surface area contributed by atoms with E-state index in [9.17, 15) is 9.59 Å². The second-order valence-electron chi connectivity index (χ2n) is 4.21. The first-order valence-electron chi connectivity index (χ1n) is 4.89. The number of carbonyl (C=O) groups excluding carboxylic acids is 1. The number of hydrogen-bond acceptors (Lipinski definition) is 3. The molecule has 0 fully saturated rings. The number of carboxylic acid groups (broad SMARTS) is 1. The standard InChI is InChI=1S/C7H5ClO2.C5H10O2/c8-7(9)10-6-4-2-1-3-5-6;1-5(2,3)4(6)7/h1-5H;1-3H3,(H,6,7). The first-order valence-corrected chi connectivity index (χ1v) is 5.27. The van der Waals surface area contributed by atoms with Gasteiger partial charge in [-0.2, -0.15) is 0 Å². The summed E-state index contributed by atoms with van der Waals surface area (Å²) in [5.41, 5.74) is -1.40. The molecule has 0 aliphatic heterocycles. The summed E-state index contributed by atoms with van der Waals surface area (Å²) in [6.07, 6.45) is 0. The average Bonchev–Trinajstić information content (AvgIpc) is 2.17. The third kappa shape index (κ3) is 8.28. The molecule has 0 spiro atoms. The molecule has 4 nitrogen and oxygen atoms in total. The Morgan fingerprint density at radius 1 is 1.18 bits per heavy atom. The van der Waals surface area contributed by atoms with Crippen LogP contribution >= 0.6 is 11.6 Å². The third-order valence-corrected chi connectivity index (χ3v) is 1.66. The molecule has 0 saturated heterocycles. The Morgan fingerprint density at radius 3 is 1.88 bits per heavy atom. The zero-order chi connectivity index (χ0) is 13.5. The lowest BCUT2D eigenvalue weighted by molar-refractivity contribution is -0.145. The fourth-order valence-electron chi connectivity index (χ4n) is 0.581. The molecule has 1 rings (SSSR count). The van der Waals surface area contributed by atoms with Gasteiger partial charge in [0.25, 0.3) is 0 Å². The number of carboxylic acids is 1. The molecule has 0 atom stereocenters. The van der Waals surface area contributed by atoms with Crippen LogP contribution in [0.2, 0.25) is 0 Å². The highest BCUT2D eigenvalue weighted by Crippen LogP contribution is 2.11. The van der Waals surface area contributed by atoms with Gasteiger partial charge in [0.15, 0.2) is 0 Å². The number of benzene rings is 1. The fourth-order valence-corrected chi connectivity index (χ4v) is 0.670. The van der Waals surface area contributed by atoms with E-state index in [4.69, 9.17) is 16.7 Å². The Kier molecular flexibility index (Phi) is 6.28. The zero-order valence-electron chi connectivity index (χ0n) is 9.94. The van der Waals surface area contributed by atoms with Crippen LogP contribution in [-0.4, -0.2) is 16.5 Å². The first kappa shape index (κ1) is 15.4. The maximum Gasteiger partial charge on any atom is 0.409 e. The van der Waals surface area contributed by atoms with Crippen molar-refractivity contribution in [3.63, 3.8) is 0 Å². The lowest BCUT2D eigenvalue weighted by atomic mass is 9.98. The number of carbonyl (C=O) groups is 2. The van der Waals surface area contributed by atoms with Gasteiger partial charge in [0.2, 0.25) is 0 Å². The summed E-state index contributed by atoms with van der Waals surface area (Å²) in [4.78, 5) is 20.2. The van der Waals surface area contributed by atoms with Crippen LogP contribution in [0.15, 0.2) is 30.3 Å². The van der Waals surface area contributed by atoms with Gasteiger partial charge < -0.3 is 9.84 Å². The summed E-state index contributed by atoms with van der Waals surface area (Å²) >= 11 is 4.95. The van der Waals surface area contributed by atoms with Crippen molar-refractivity contribution >= 4 is 23.0 Å². The second-order valence-corrected chi connectivity index (χ2v) is 4.52. The quantitative estimate of drug-likeness (QED) is 0.783. The van der Waals surface area contributed by atoms with Crippen LogP contribution < -0.4 is 4.74 Å². The van der Waals surface area contributed by atoms with Crippen LogP contribution in [-0.2, 0) is 4.79 Å². The summed E-state index contributed by atoms with van der Waals surface area (Å²) in [5, 5.41) is 8.25. The van der Waals surface area contributed by atoms with Crippen molar-refractivity contribution in [1.82, 2.24) is 0 Å². The molecule has 0 radical (unpaired) electrons. The predicted molar refractivity (Wildman–Crippen MR) is 65.4 cm³/mol. The predicted octanol–water partition coefficient (Wildman–Crippen LogP) is 3.54. The topological polar surface area (TPSA) is 63.6 Å². The number of aliphatic carboxylic acids is 1. The van der Waals surface area contributed by atoms with Gasteiger partial charge in [0.05, 0.1) is 5.41 Å². The molecule has 1 N–H and O–H groups in total. The number of hydrogen-bond donors (Lipinski definition) is 1. The van der Waals surface area contributed by atoms with Gasteiger partial charge in [0.1, 0.15) is 5.75 Å². The lowest BCUT2D eigenvalue weighted by Crippen LogP contribution is -2.18. The number of para-hydroxylation sites is 1. The van der Waals surface area contributed by atoms with E-state index in [0.717, 1.165) is 0 Å². The van der Waals surface area contributed by atoms with Crippen molar-refractivity contribution < 1.29 is 19.4 Å². The van der Waals surface area contributed by atoms with Crippen LogP contribution in [0.4, 0.5) is 4.79 Å². The molecule has 1 aromatic carbocycles. The maximum atomic E-state index is 10.2. The summed E-state index contributed by atoms with van der Waals surface area (Å²) in [6, 6.07) is 8.65. The zero-order valence-corrected chi connectivity index (χ0v) is 10.7. The van der Waals surface area contributed by atoms with Crippen LogP contribution in [0.3, 0.4) is 0 Å². The summed E-state index contributed by atoms with van der Waals surface area (Å²) in [6.45, 7) is 4.99. The van der Waals surface area contributed by atoms with E-state index in [-0.39, 0.29) is 0 Å². The van der Waals surface area contributed by atoms with Gasteiger partial charge in [-0.1, -0.05) is 18.2 Å². The Morgan fingerprint density at radius 2 is 1.59 bits per heavy atom. The van der Waals surface area contributed by atoms with Crippen molar-refractivity contribution in [2.75, 3.05) is 0 Å². The van der Waals surface area contributed by atoms with Crippen molar-refractivity contribution in [2.24, 2.45) is 5.41 Å². The Labute approximate surface area is 105 Å². The molecule has 1 aromatic rings. The number of halogens is 1. The minimum absolute atomic E-state index is 0.461. The van der Waals surface area contributed by atoms with Gasteiger partial charge in [-0.05, 0) is 32.9 Å². The Bertz CT molecular complexity index is 368. The van der Waals surface area contributed by atoms with Gasteiger partial charge >= 0.3 is 11.4 Å². The summed E-state index contributed by atoms with van der Waals surface area (Å²) < 4.78 is 4.54.